The van der Waals surface area contributed by atoms with E-state index in [0.29, 0.717) is 10.5 Å². The second-order valence-corrected chi connectivity index (χ2v) is 6.54. The molecule has 5 nitrogen and oxygen atoms in total. The van der Waals surface area contributed by atoms with Gasteiger partial charge in [-0.2, -0.15) is 0 Å². The van der Waals surface area contributed by atoms with Crippen LogP contribution in [0.5, 0.6) is 0 Å². The van der Waals surface area contributed by atoms with E-state index < -0.39 is 15.7 Å². The number of carbonyl (C=O) groups is 1. The van der Waals surface area contributed by atoms with Crippen LogP contribution in [0.1, 0.15) is 10.4 Å². The average molecular weight is 368 g/mol. The Hall–Kier alpha value is -1.86. The highest BCUT2D eigenvalue weighted by molar-refractivity contribution is 9.10. The number of halogens is 1. The van der Waals surface area contributed by atoms with Crippen molar-refractivity contribution >= 4 is 38.2 Å². The minimum atomic E-state index is -1.44. The molecule has 108 valence electrons. The molecule has 0 heterocycles. The van der Waals surface area contributed by atoms with Crippen molar-refractivity contribution in [3.63, 3.8) is 0 Å². The van der Waals surface area contributed by atoms with Crippen molar-refractivity contribution < 1.29 is 13.9 Å². The molecule has 0 saturated carbocycles. The van der Waals surface area contributed by atoms with Gasteiger partial charge in [0.1, 0.15) is 0 Å². The van der Waals surface area contributed by atoms with E-state index in [0.717, 1.165) is 4.47 Å². The van der Waals surface area contributed by atoms with Gasteiger partial charge in [0.25, 0.3) is 5.69 Å². The Balaban J connectivity index is 2.08. The molecule has 0 aromatic heterocycles. The molecule has 0 bridgehead atoms. The van der Waals surface area contributed by atoms with Crippen molar-refractivity contribution in [1.29, 1.82) is 0 Å². The summed E-state index contributed by atoms with van der Waals surface area (Å²) < 4.78 is 12.9. The van der Waals surface area contributed by atoms with Crippen LogP contribution in [0.2, 0.25) is 0 Å². The highest BCUT2D eigenvalue weighted by atomic mass is 79.9. The Kier molecular flexibility index (Phi) is 4.98. The lowest BCUT2D eigenvalue weighted by Gasteiger charge is -2.02. The molecule has 2 rings (SSSR count). The number of non-ortho nitro benzene ring substituents is 1. The maximum absolute atomic E-state index is 12.1. The highest BCUT2D eigenvalue weighted by Gasteiger charge is 2.14. The van der Waals surface area contributed by atoms with Gasteiger partial charge in [0, 0.05) is 27.1 Å². The minimum absolute atomic E-state index is 0.0828. The van der Waals surface area contributed by atoms with Gasteiger partial charge >= 0.3 is 0 Å². The Bertz CT molecular complexity index is 698. The van der Waals surface area contributed by atoms with Gasteiger partial charge in [-0.15, -0.1) is 0 Å². The summed E-state index contributed by atoms with van der Waals surface area (Å²) in [6.07, 6.45) is 0. The van der Waals surface area contributed by atoms with Crippen LogP contribution in [0.4, 0.5) is 5.69 Å². The van der Waals surface area contributed by atoms with Gasteiger partial charge in [0.2, 0.25) is 0 Å². The van der Waals surface area contributed by atoms with Crippen molar-refractivity contribution in [2.45, 2.75) is 4.90 Å². The van der Waals surface area contributed by atoms with Gasteiger partial charge in [-0.1, -0.05) is 15.9 Å². The van der Waals surface area contributed by atoms with E-state index in [1.807, 2.05) is 0 Å². The van der Waals surface area contributed by atoms with Crippen LogP contribution < -0.4 is 0 Å². The molecule has 0 radical (unpaired) electrons. The molecule has 0 amide bonds. The van der Waals surface area contributed by atoms with Gasteiger partial charge in [0.05, 0.1) is 21.5 Å². The SMILES string of the molecule is O=C(CS(=O)c1ccc(Br)cc1)c1ccc([N+](=O)[O-])cc1. The van der Waals surface area contributed by atoms with E-state index in [1.165, 1.54) is 24.3 Å². The molecule has 2 aromatic rings. The molecule has 0 aliphatic heterocycles. The largest absolute Gasteiger partial charge is 0.293 e. The third-order valence-corrected chi connectivity index (χ3v) is 4.59. The van der Waals surface area contributed by atoms with Crippen molar-refractivity contribution in [3.05, 3.63) is 68.7 Å². The number of nitrogens with zero attached hydrogens (tertiary/aromatic N) is 1. The molecule has 0 spiro atoms. The lowest BCUT2D eigenvalue weighted by molar-refractivity contribution is -0.384. The number of Topliss-reactive ketones (excluding diaryl/α,β-unsaturated/α-hetero) is 1. The number of hydrogen-bond donors (Lipinski definition) is 0. The summed E-state index contributed by atoms with van der Waals surface area (Å²) in [7, 11) is -1.44. The maximum Gasteiger partial charge on any atom is 0.269 e. The minimum Gasteiger partial charge on any atom is -0.293 e. The van der Waals surface area contributed by atoms with E-state index in [2.05, 4.69) is 15.9 Å². The van der Waals surface area contributed by atoms with Crippen LogP contribution >= 0.6 is 15.9 Å². The zero-order valence-corrected chi connectivity index (χ0v) is 13.1. The first-order chi connectivity index (χ1) is 9.97. The fraction of sp³-hybridized carbons (Fsp3) is 0.0714. The molecule has 2 aromatic carbocycles. The van der Waals surface area contributed by atoms with Gasteiger partial charge in [-0.3, -0.25) is 19.1 Å². The normalized spacial score (nSPS) is 11.9. The fourth-order valence-electron chi connectivity index (χ4n) is 1.64. The number of hydrogen-bond acceptors (Lipinski definition) is 4. The quantitative estimate of drug-likeness (QED) is 0.461. The third-order valence-electron chi connectivity index (χ3n) is 2.74. The molecule has 0 N–H and O–H groups in total. The molecule has 1 unspecified atom stereocenters. The predicted molar refractivity (Wildman–Crippen MR) is 82.8 cm³/mol. The van der Waals surface area contributed by atoms with E-state index >= 15 is 0 Å². The highest BCUT2D eigenvalue weighted by Crippen LogP contribution is 2.16. The fourth-order valence-corrected chi connectivity index (χ4v) is 2.92. The van der Waals surface area contributed by atoms with Gasteiger partial charge in [-0.05, 0) is 36.4 Å². The smallest absolute Gasteiger partial charge is 0.269 e. The maximum atomic E-state index is 12.1. The number of carbonyl (C=O) groups excluding carboxylic acids is 1. The van der Waals surface area contributed by atoms with Crippen LogP contribution in [0.15, 0.2) is 57.9 Å². The van der Waals surface area contributed by atoms with E-state index in [1.54, 1.807) is 24.3 Å². The number of rotatable bonds is 5. The molecular weight excluding hydrogens is 358 g/mol. The Labute approximate surface area is 131 Å². The van der Waals surface area contributed by atoms with Crippen LogP contribution in [0, 0.1) is 10.1 Å². The molecule has 0 aliphatic carbocycles. The summed E-state index contributed by atoms with van der Waals surface area (Å²) >= 11 is 3.28. The monoisotopic (exact) mass is 367 g/mol. The van der Waals surface area contributed by atoms with Gasteiger partial charge in [0.15, 0.2) is 5.78 Å². The summed E-state index contributed by atoms with van der Waals surface area (Å²) in [5, 5.41) is 10.5. The predicted octanol–water partition coefficient (Wildman–Crippen LogP) is 3.35. The topological polar surface area (TPSA) is 77.3 Å². The first-order valence-corrected chi connectivity index (χ1v) is 8.00. The summed E-state index contributed by atoms with van der Waals surface area (Å²) in [5.74, 6) is -0.467. The molecule has 21 heavy (non-hydrogen) atoms. The first kappa shape index (κ1) is 15.5. The molecule has 0 aliphatic rings. The Morgan fingerprint density at radius 1 is 1.10 bits per heavy atom. The van der Waals surface area contributed by atoms with Gasteiger partial charge in [-0.25, -0.2) is 0 Å². The van der Waals surface area contributed by atoms with Crippen LogP contribution in [0.25, 0.3) is 0 Å². The van der Waals surface area contributed by atoms with Crippen molar-refractivity contribution in [2.75, 3.05) is 5.75 Å². The zero-order chi connectivity index (χ0) is 15.4. The van der Waals surface area contributed by atoms with E-state index in [9.17, 15) is 19.1 Å². The molecule has 0 fully saturated rings. The Morgan fingerprint density at radius 3 is 2.19 bits per heavy atom. The second-order valence-electron chi connectivity index (χ2n) is 4.17. The first-order valence-electron chi connectivity index (χ1n) is 5.89. The van der Waals surface area contributed by atoms with E-state index in [-0.39, 0.29) is 17.2 Å². The Morgan fingerprint density at radius 2 is 1.67 bits per heavy atom. The number of ketones is 1. The van der Waals surface area contributed by atoms with Crippen LogP contribution in [-0.4, -0.2) is 20.7 Å². The molecule has 7 heteroatoms. The van der Waals surface area contributed by atoms with E-state index in [4.69, 9.17) is 0 Å². The number of nitro benzene ring substituents is 1. The molecular formula is C14H10BrNO4S. The van der Waals surface area contributed by atoms with Crippen LogP contribution in [-0.2, 0) is 10.8 Å². The van der Waals surface area contributed by atoms with Gasteiger partial charge < -0.3 is 0 Å². The second kappa shape index (κ2) is 6.73. The van der Waals surface area contributed by atoms with Crippen LogP contribution in [0.3, 0.4) is 0 Å². The van der Waals surface area contributed by atoms with Crippen molar-refractivity contribution in [2.24, 2.45) is 0 Å². The molecule has 0 saturated heterocycles. The summed E-state index contributed by atoms with van der Waals surface area (Å²) in [5.41, 5.74) is 0.228. The third kappa shape index (κ3) is 4.05. The number of benzene rings is 2. The summed E-state index contributed by atoms with van der Waals surface area (Å²) in [6, 6.07) is 12.1. The summed E-state index contributed by atoms with van der Waals surface area (Å²) in [6.45, 7) is 0. The number of nitro groups is 1. The summed E-state index contributed by atoms with van der Waals surface area (Å²) in [4.78, 5) is 22.6. The standard InChI is InChI=1S/C14H10BrNO4S/c15-11-3-7-13(8-4-11)21(20)9-14(17)10-1-5-12(6-2-10)16(18)19/h1-8H,9H2. The van der Waals surface area contributed by atoms with Crippen molar-refractivity contribution in [1.82, 2.24) is 0 Å². The average Bonchev–Trinajstić information content (AvgIpc) is 2.47. The molecule has 1 atom stereocenters. The zero-order valence-electron chi connectivity index (χ0n) is 10.7. The van der Waals surface area contributed by atoms with Crippen molar-refractivity contribution in [3.8, 4) is 0 Å². The lowest BCUT2D eigenvalue weighted by Crippen LogP contribution is -2.11. The lowest BCUT2D eigenvalue weighted by atomic mass is 10.1.